The van der Waals surface area contributed by atoms with Gasteiger partial charge in [0.25, 0.3) is 0 Å². The zero-order valence-corrected chi connectivity index (χ0v) is 19.4. The van der Waals surface area contributed by atoms with E-state index in [4.69, 9.17) is 9.47 Å². The highest BCUT2D eigenvalue weighted by atomic mass is 16.5. The second kappa shape index (κ2) is 8.17. The first-order valence-electron chi connectivity index (χ1n) is 11.8. The molecule has 1 aliphatic carbocycles. The highest BCUT2D eigenvalue weighted by Crippen LogP contribution is 2.71. The maximum Gasteiger partial charge on any atom is 0.337 e. The molecule has 3 aromatic rings. The van der Waals surface area contributed by atoms with Crippen LogP contribution in [0.4, 0.5) is 5.69 Å². The Kier molecular flexibility index (Phi) is 4.98. The van der Waals surface area contributed by atoms with Crippen molar-refractivity contribution in [2.24, 2.45) is 5.41 Å². The van der Waals surface area contributed by atoms with Crippen molar-refractivity contribution in [3.8, 4) is 0 Å². The lowest BCUT2D eigenvalue weighted by Crippen LogP contribution is -2.64. The topological polar surface area (TPSA) is 55.8 Å². The first kappa shape index (κ1) is 20.7. The summed E-state index contributed by atoms with van der Waals surface area (Å²) >= 11 is 0. The molecule has 3 atom stereocenters. The van der Waals surface area contributed by atoms with Crippen LogP contribution in [0.25, 0.3) is 5.70 Å². The fraction of sp³-hybridized carbons (Fsp3) is 0.241. The number of fused-ring (bicyclic) bond motifs is 1. The molecule has 1 heterocycles. The summed E-state index contributed by atoms with van der Waals surface area (Å²) in [6.45, 7) is 2.00. The van der Waals surface area contributed by atoms with Gasteiger partial charge in [-0.3, -0.25) is 4.79 Å². The number of methoxy groups -OCH3 is 2. The van der Waals surface area contributed by atoms with Gasteiger partial charge in [0.15, 0.2) is 0 Å². The van der Waals surface area contributed by atoms with Crippen molar-refractivity contribution in [1.82, 2.24) is 0 Å². The normalized spacial score (nSPS) is 25.8. The molecular formula is C29H27NO4. The predicted molar refractivity (Wildman–Crippen MR) is 131 cm³/mol. The fourth-order valence-electron chi connectivity index (χ4n) is 5.53. The molecular weight excluding hydrogens is 427 g/mol. The van der Waals surface area contributed by atoms with Crippen LogP contribution in [0.1, 0.15) is 30.9 Å². The summed E-state index contributed by atoms with van der Waals surface area (Å²) in [4.78, 5) is 29.3. The zero-order valence-electron chi connectivity index (χ0n) is 20.4. The second-order valence-electron chi connectivity index (χ2n) is 8.69. The van der Waals surface area contributed by atoms with Crippen LogP contribution in [0.15, 0.2) is 90.5 Å². The smallest absolute Gasteiger partial charge is 0.337 e. The van der Waals surface area contributed by atoms with Gasteiger partial charge < -0.3 is 14.4 Å². The average Bonchev–Trinajstić information content (AvgIpc) is 3.12. The molecule has 5 rings (SSSR count). The molecule has 172 valence electrons. The molecule has 0 bridgehead atoms. The van der Waals surface area contributed by atoms with Gasteiger partial charge in [-0.2, -0.15) is 0 Å². The van der Waals surface area contributed by atoms with Gasteiger partial charge in [0.1, 0.15) is 5.41 Å². The summed E-state index contributed by atoms with van der Waals surface area (Å²) in [7, 11) is 2.65. The number of nitrogens with zero attached hydrogens (tertiary/aromatic N) is 1. The Morgan fingerprint density at radius 2 is 1.50 bits per heavy atom. The third-order valence-corrected chi connectivity index (χ3v) is 7.07. The number of esters is 2. The molecule has 5 nitrogen and oxygen atoms in total. The van der Waals surface area contributed by atoms with E-state index in [0.717, 1.165) is 22.4 Å². The van der Waals surface area contributed by atoms with Gasteiger partial charge in [-0.1, -0.05) is 78.4 Å². The largest absolute Gasteiger partial charge is 0.468 e. The second-order valence-corrected chi connectivity index (χ2v) is 8.69. The van der Waals surface area contributed by atoms with Crippen LogP contribution in [0, 0.1) is 12.3 Å². The van der Waals surface area contributed by atoms with Crippen LogP contribution >= 0.6 is 0 Å². The highest BCUT2D eigenvalue weighted by molar-refractivity contribution is 6.12. The van der Waals surface area contributed by atoms with E-state index in [0.29, 0.717) is 5.70 Å². The van der Waals surface area contributed by atoms with Crippen molar-refractivity contribution in [3.05, 3.63) is 107 Å². The van der Waals surface area contributed by atoms with Crippen LogP contribution in [-0.2, 0) is 24.6 Å². The van der Waals surface area contributed by atoms with E-state index in [-0.39, 0.29) is 12.0 Å². The number of rotatable bonds is 5. The van der Waals surface area contributed by atoms with Crippen LogP contribution in [0.5, 0.6) is 0 Å². The third-order valence-electron chi connectivity index (χ3n) is 7.07. The van der Waals surface area contributed by atoms with Crippen molar-refractivity contribution in [2.75, 3.05) is 19.1 Å². The molecule has 0 spiro atoms. The monoisotopic (exact) mass is 455 g/mol. The van der Waals surface area contributed by atoms with E-state index in [1.807, 2.05) is 96.8 Å². The number of hydrogen-bond acceptors (Lipinski definition) is 5. The van der Waals surface area contributed by atoms with E-state index in [1.165, 1.54) is 14.2 Å². The number of ether oxygens (including phenoxy) is 2. The van der Waals surface area contributed by atoms with Crippen LogP contribution in [0.3, 0.4) is 0 Å². The summed E-state index contributed by atoms with van der Waals surface area (Å²) in [5, 5.41) is 0. The van der Waals surface area contributed by atoms with Crippen molar-refractivity contribution in [2.45, 2.75) is 25.3 Å². The Bertz CT molecular complexity index is 1310. The predicted octanol–water partition coefficient (Wildman–Crippen LogP) is 5.25. The van der Waals surface area contributed by atoms with Gasteiger partial charge in [-0.05, 0) is 43.0 Å². The lowest BCUT2D eigenvalue weighted by Gasteiger charge is -2.58. The molecule has 0 amide bonds. The van der Waals surface area contributed by atoms with Gasteiger partial charge in [-0.25, -0.2) is 4.79 Å². The molecule has 34 heavy (non-hydrogen) atoms. The minimum Gasteiger partial charge on any atom is -0.468 e. The number of benzene rings is 3. The molecule has 1 unspecified atom stereocenters. The van der Waals surface area contributed by atoms with Crippen LogP contribution < -0.4 is 4.90 Å². The third kappa shape index (κ3) is 2.79. The Balaban J connectivity index is 1.96. The molecule has 2 aliphatic rings. The first-order valence-corrected chi connectivity index (χ1v) is 11.2. The van der Waals surface area contributed by atoms with Crippen molar-refractivity contribution < 1.29 is 20.4 Å². The molecule has 0 aromatic heterocycles. The van der Waals surface area contributed by atoms with Gasteiger partial charge >= 0.3 is 11.9 Å². The molecule has 1 saturated carbocycles. The molecule has 0 N–H and O–H groups in total. The van der Waals surface area contributed by atoms with E-state index in [9.17, 15) is 11.0 Å². The van der Waals surface area contributed by atoms with Gasteiger partial charge in [0, 0.05) is 7.06 Å². The lowest BCUT2D eigenvalue weighted by molar-refractivity contribution is -0.165. The SMILES string of the molecule is [2H][13CH]1C[C@]2(C(=O)OC)C(C(=O)OC)=C(c3ccccc3)N(c3ccc(C)cc3)[C@]12c1ccccc1. The maximum absolute atomic E-state index is 13.8. The van der Waals surface area contributed by atoms with Crippen LogP contribution in [0.2, 0.25) is 0 Å². The fourth-order valence-corrected chi connectivity index (χ4v) is 5.53. The van der Waals surface area contributed by atoms with Crippen LogP contribution in [-0.4, -0.2) is 26.2 Å². The van der Waals surface area contributed by atoms with E-state index in [1.54, 1.807) is 0 Å². The Labute approximate surface area is 201 Å². The number of aryl methyl sites for hydroxylation is 1. The van der Waals surface area contributed by atoms with Crippen molar-refractivity contribution >= 4 is 23.3 Å². The molecule has 1 fully saturated rings. The first-order chi connectivity index (χ1) is 16.9. The number of hydrogen-bond donors (Lipinski definition) is 0. The van der Waals surface area contributed by atoms with Gasteiger partial charge in [0.2, 0.25) is 0 Å². The van der Waals surface area contributed by atoms with Crippen molar-refractivity contribution in [1.29, 1.82) is 0 Å². The van der Waals surface area contributed by atoms with E-state index in [2.05, 4.69) is 0 Å². The quantitative estimate of drug-likeness (QED) is 0.389. The van der Waals surface area contributed by atoms with Gasteiger partial charge in [-0.15, -0.1) is 0 Å². The summed E-state index contributed by atoms with van der Waals surface area (Å²) in [6.07, 6.45) is -0.580. The molecule has 3 aromatic carbocycles. The highest BCUT2D eigenvalue weighted by Gasteiger charge is 2.76. The van der Waals surface area contributed by atoms with E-state index >= 15 is 0 Å². The molecule has 0 radical (unpaired) electrons. The lowest BCUT2D eigenvalue weighted by atomic mass is 9.57. The summed E-state index contributed by atoms with van der Waals surface area (Å²) in [6, 6.07) is 26.9. The Morgan fingerprint density at radius 1 is 0.882 bits per heavy atom. The molecule has 0 saturated heterocycles. The molecule has 1 aliphatic heterocycles. The summed E-state index contributed by atoms with van der Waals surface area (Å²) < 4.78 is 19.9. The number of anilines is 1. The van der Waals surface area contributed by atoms with E-state index < -0.39 is 29.3 Å². The Morgan fingerprint density at radius 3 is 2.06 bits per heavy atom. The average molecular weight is 456 g/mol. The van der Waals surface area contributed by atoms with Gasteiger partial charge in [0.05, 0.1) is 31.0 Å². The Hall–Kier alpha value is -3.86. The zero-order chi connectivity index (χ0) is 24.8. The van der Waals surface area contributed by atoms with Crippen molar-refractivity contribution in [3.63, 3.8) is 0 Å². The minimum absolute atomic E-state index is 0.137. The minimum atomic E-state index is -1.42. The number of carbonyl (C=O) groups excluding carboxylic acids is 2. The maximum atomic E-state index is 13.8. The standard InChI is InChI=1S/C29H27NO4/c1-20-14-16-23(17-15-20)30-25(21-10-6-4-7-11-21)24(26(31)33-2)28(27(32)34-3)18-19-29(28,30)22-12-8-5-9-13-22/h4-17H,18-19H2,1-3H3/t28-,29+/m1/s1/i19+1D/t19?,28-,29+. The number of carbonyl (C=O) groups is 2. The summed E-state index contributed by atoms with van der Waals surface area (Å²) in [5.41, 5.74) is 1.55. The molecule has 5 heteroatoms. The summed E-state index contributed by atoms with van der Waals surface area (Å²) in [5.74, 6) is -1.15.